The molecule has 0 atom stereocenters. The predicted molar refractivity (Wildman–Crippen MR) is 99.5 cm³/mol. The number of nitrogens with zero attached hydrogens (tertiary/aromatic N) is 2. The molecule has 31 heavy (non-hydrogen) atoms. The Labute approximate surface area is 173 Å². The van der Waals surface area contributed by atoms with E-state index in [1.807, 2.05) is 0 Å². The van der Waals surface area contributed by atoms with Gasteiger partial charge in [0.05, 0.1) is 34.0 Å². The van der Waals surface area contributed by atoms with Gasteiger partial charge in [-0.15, -0.1) is 0 Å². The van der Waals surface area contributed by atoms with E-state index in [1.165, 1.54) is 26.0 Å². The van der Waals surface area contributed by atoms with Crippen molar-refractivity contribution >= 4 is 17.6 Å². The molecule has 1 N–H and O–H groups in total. The number of nitro benzene ring substituents is 1. The molecule has 9 nitrogen and oxygen atoms in total. The summed E-state index contributed by atoms with van der Waals surface area (Å²) in [6.07, 6.45) is -4.80. The Hall–Kier alpha value is -3.54. The zero-order chi connectivity index (χ0) is 23.3. The molecular formula is C19H17F3N2O7. The molecule has 1 aromatic heterocycles. The van der Waals surface area contributed by atoms with E-state index >= 15 is 0 Å². The lowest BCUT2D eigenvalue weighted by atomic mass is 9.92. The second kappa shape index (κ2) is 9.51. The maximum Gasteiger partial charge on any atom is 0.422 e. The van der Waals surface area contributed by atoms with Gasteiger partial charge < -0.3 is 14.6 Å². The number of alkyl halides is 3. The van der Waals surface area contributed by atoms with Crippen molar-refractivity contribution in [1.82, 2.24) is 4.98 Å². The minimum atomic E-state index is -4.80. The molecular weight excluding hydrogens is 425 g/mol. The topological polar surface area (TPSA) is 129 Å². The molecule has 166 valence electrons. The number of pyridine rings is 1. The van der Waals surface area contributed by atoms with Crippen LogP contribution < -0.4 is 0 Å². The van der Waals surface area contributed by atoms with E-state index in [-0.39, 0.29) is 33.8 Å². The molecule has 2 rings (SSSR count). The fourth-order valence-corrected chi connectivity index (χ4v) is 2.84. The van der Waals surface area contributed by atoms with E-state index in [9.17, 15) is 32.9 Å². The van der Waals surface area contributed by atoms with E-state index < -0.39 is 48.4 Å². The molecule has 0 bridgehead atoms. The zero-order valence-corrected chi connectivity index (χ0v) is 16.4. The highest BCUT2D eigenvalue weighted by molar-refractivity contribution is 6.07. The standard InChI is InChI=1S/C19H17F3N2O7/c1-10-14(17(26)30-7-6-25)16(12-4-3-5-13(8-12)24(28)29)15(11(2)23-10)18(27)31-9-19(20,21)22/h3-5,8,25H,6-7,9H2,1-2H3. The van der Waals surface area contributed by atoms with Gasteiger partial charge in [0.1, 0.15) is 6.61 Å². The second-order valence-electron chi connectivity index (χ2n) is 6.27. The summed E-state index contributed by atoms with van der Waals surface area (Å²) in [4.78, 5) is 39.6. The molecule has 0 saturated heterocycles. The van der Waals surface area contributed by atoms with Gasteiger partial charge in [0, 0.05) is 17.7 Å². The highest BCUT2D eigenvalue weighted by atomic mass is 19.4. The summed E-state index contributed by atoms with van der Waals surface area (Å²) >= 11 is 0. The number of ether oxygens (including phenoxy) is 2. The monoisotopic (exact) mass is 442 g/mol. The van der Waals surface area contributed by atoms with Gasteiger partial charge >= 0.3 is 18.1 Å². The SMILES string of the molecule is Cc1nc(C)c(C(=O)OCC(F)(F)F)c(-c2cccc([N+](=O)[O-])c2)c1C(=O)OCCO. The number of carbonyl (C=O) groups excluding carboxylic acids is 2. The van der Waals surface area contributed by atoms with Crippen LogP contribution >= 0.6 is 0 Å². The van der Waals surface area contributed by atoms with E-state index in [1.54, 1.807) is 0 Å². The van der Waals surface area contributed by atoms with Crippen LogP contribution in [0.4, 0.5) is 18.9 Å². The van der Waals surface area contributed by atoms with Crippen LogP contribution in [0.5, 0.6) is 0 Å². The van der Waals surface area contributed by atoms with Crippen LogP contribution in [0.2, 0.25) is 0 Å². The van der Waals surface area contributed by atoms with Crippen molar-refractivity contribution in [1.29, 1.82) is 0 Å². The minimum Gasteiger partial charge on any atom is -0.460 e. The molecule has 0 saturated carbocycles. The number of hydrogen-bond acceptors (Lipinski definition) is 8. The van der Waals surface area contributed by atoms with Crippen molar-refractivity contribution in [3.8, 4) is 11.1 Å². The fraction of sp³-hybridized carbons (Fsp3) is 0.316. The number of hydrogen-bond donors (Lipinski definition) is 1. The maximum atomic E-state index is 12.6. The van der Waals surface area contributed by atoms with E-state index in [0.29, 0.717) is 0 Å². The van der Waals surface area contributed by atoms with Crippen LogP contribution in [0.1, 0.15) is 32.1 Å². The molecule has 0 aliphatic heterocycles. The third-order valence-corrected chi connectivity index (χ3v) is 4.00. The molecule has 2 aromatic rings. The number of aryl methyl sites for hydroxylation is 2. The largest absolute Gasteiger partial charge is 0.460 e. The first-order valence-electron chi connectivity index (χ1n) is 8.74. The normalized spacial score (nSPS) is 11.2. The highest BCUT2D eigenvalue weighted by Crippen LogP contribution is 2.34. The van der Waals surface area contributed by atoms with Gasteiger partial charge in [-0.25, -0.2) is 9.59 Å². The van der Waals surface area contributed by atoms with E-state index in [0.717, 1.165) is 12.1 Å². The van der Waals surface area contributed by atoms with Crippen molar-refractivity contribution in [2.45, 2.75) is 20.0 Å². The molecule has 0 aliphatic carbocycles. The van der Waals surface area contributed by atoms with Crippen LogP contribution in [-0.4, -0.2) is 52.9 Å². The Morgan fingerprint density at radius 1 is 1.13 bits per heavy atom. The second-order valence-corrected chi connectivity index (χ2v) is 6.27. The lowest BCUT2D eigenvalue weighted by molar-refractivity contribution is -0.384. The van der Waals surface area contributed by atoms with Crippen molar-refractivity contribution in [2.24, 2.45) is 0 Å². The van der Waals surface area contributed by atoms with Gasteiger partial charge in [0.2, 0.25) is 0 Å². The maximum absolute atomic E-state index is 12.6. The summed E-state index contributed by atoms with van der Waals surface area (Å²) in [5.74, 6) is -2.44. The Bertz CT molecular complexity index is 1020. The summed E-state index contributed by atoms with van der Waals surface area (Å²) in [6.45, 7) is -0.0575. The van der Waals surface area contributed by atoms with Crippen LogP contribution in [0.25, 0.3) is 11.1 Å². The van der Waals surface area contributed by atoms with Gasteiger partial charge in [-0.1, -0.05) is 12.1 Å². The number of aliphatic hydroxyl groups is 1. The number of benzene rings is 1. The number of rotatable bonds is 7. The van der Waals surface area contributed by atoms with Gasteiger partial charge in [-0.3, -0.25) is 15.1 Å². The van der Waals surface area contributed by atoms with Gasteiger partial charge in [-0.2, -0.15) is 13.2 Å². The van der Waals surface area contributed by atoms with Gasteiger partial charge in [0.25, 0.3) is 5.69 Å². The Morgan fingerprint density at radius 2 is 1.71 bits per heavy atom. The highest BCUT2D eigenvalue weighted by Gasteiger charge is 2.33. The molecule has 0 amide bonds. The van der Waals surface area contributed by atoms with Crippen LogP contribution in [0.15, 0.2) is 24.3 Å². The zero-order valence-electron chi connectivity index (χ0n) is 16.4. The Kier molecular flexibility index (Phi) is 7.28. The van der Waals surface area contributed by atoms with E-state index in [4.69, 9.17) is 9.84 Å². The lowest BCUT2D eigenvalue weighted by Crippen LogP contribution is -2.23. The van der Waals surface area contributed by atoms with Gasteiger partial charge in [0.15, 0.2) is 6.61 Å². The number of aliphatic hydroxyl groups excluding tert-OH is 1. The predicted octanol–water partition coefficient (Wildman–Crippen LogP) is 3.14. The number of esters is 2. The first-order valence-corrected chi connectivity index (χ1v) is 8.74. The number of carbonyl (C=O) groups is 2. The molecule has 1 aromatic carbocycles. The average Bonchev–Trinajstić information content (AvgIpc) is 2.69. The fourth-order valence-electron chi connectivity index (χ4n) is 2.84. The molecule has 0 radical (unpaired) electrons. The summed E-state index contributed by atoms with van der Waals surface area (Å²) in [5.41, 5.74) is -1.35. The molecule has 0 unspecified atom stereocenters. The number of halogens is 3. The van der Waals surface area contributed by atoms with Crippen molar-refractivity contribution in [2.75, 3.05) is 19.8 Å². The summed E-state index contributed by atoms with van der Waals surface area (Å²) < 4.78 is 46.9. The third kappa shape index (κ3) is 5.75. The first-order chi connectivity index (χ1) is 14.5. The minimum absolute atomic E-state index is 0.00212. The lowest BCUT2D eigenvalue weighted by Gasteiger charge is -2.18. The Balaban J connectivity index is 2.77. The summed E-state index contributed by atoms with van der Waals surface area (Å²) in [5, 5.41) is 20.1. The molecule has 0 fully saturated rings. The van der Waals surface area contributed by atoms with Crippen molar-refractivity contribution < 1.29 is 42.3 Å². The van der Waals surface area contributed by atoms with Crippen molar-refractivity contribution in [3.63, 3.8) is 0 Å². The molecule has 12 heteroatoms. The summed E-state index contributed by atoms with van der Waals surface area (Å²) in [6, 6.07) is 4.84. The molecule has 0 spiro atoms. The Morgan fingerprint density at radius 3 is 2.23 bits per heavy atom. The van der Waals surface area contributed by atoms with Crippen LogP contribution in [-0.2, 0) is 9.47 Å². The molecule has 1 heterocycles. The number of aromatic nitrogens is 1. The van der Waals surface area contributed by atoms with Crippen LogP contribution in [0.3, 0.4) is 0 Å². The third-order valence-electron chi connectivity index (χ3n) is 4.00. The molecule has 0 aliphatic rings. The average molecular weight is 442 g/mol. The van der Waals surface area contributed by atoms with E-state index in [2.05, 4.69) is 9.72 Å². The first kappa shape index (κ1) is 23.7. The van der Waals surface area contributed by atoms with Crippen molar-refractivity contribution in [3.05, 3.63) is 56.9 Å². The smallest absolute Gasteiger partial charge is 0.422 e. The quantitative estimate of drug-likeness (QED) is 0.393. The van der Waals surface area contributed by atoms with Gasteiger partial charge in [-0.05, 0) is 19.4 Å². The number of non-ortho nitro benzene ring substituents is 1. The summed E-state index contributed by atoms with van der Waals surface area (Å²) in [7, 11) is 0. The van der Waals surface area contributed by atoms with Crippen LogP contribution in [0, 0.1) is 24.0 Å². The number of nitro groups is 1.